The summed E-state index contributed by atoms with van der Waals surface area (Å²) in [7, 11) is 3.59. The molecule has 1 spiro atoms. The van der Waals surface area contributed by atoms with Gasteiger partial charge in [0.1, 0.15) is 0 Å². The molecule has 1 aliphatic heterocycles. The summed E-state index contributed by atoms with van der Waals surface area (Å²) in [5, 5.41) is 7.05. The van der Waals surface area contributed by atoms with Crippen LogP contribution in [0.5, 0.6) is 0 Å². The molecule has 0 aromatic carbocycles. The molecule has 0 amide bonds. The van der Waals surface area contributed by atoms with Gasteiger partial charge in [-0.05, 0) is 25.7 Å². The first-order chi connectivity index (χ1) is 9.81. The van der Waals surface area contributed by atoms with Crippen molar-refractivity contribution in [3.05, 3.63) is 0 Å². The highest BCUT2D eigenvalue weighted by Gasteiger charge is 2.66. The number of halogens is 1. The van der Waals surface area contributed by atoms with E-state index in [2.05, 4.69) is 15.6 Å². The molecule has 2 saturated carbocycles. The Kier molecular flexibility index (Phi) is 6.14. The number of hydrogen-bond donors (Lipinski definition) is 2. The summed E-state index contributed by atoms with van der Waals surface area (Å²) in [6.45, 7) is 2.63. The van der Waals surface area contributed by atoms with E-state index in [0.717, 1.165) is 32.1 Å². The van der Waals surface area contributed by atoms with Crippen molar-refractivity contribution in [3.63, 3.8) is 0 Å². The fourth-order valence-electron chi connectivity index (χ4n) is 4.22. The van der Waals surface area contributed by atoms with E-state index in [9.17, 15) is 0 Å². The lowest BCUT2D eigenvalue weighted by molar-refractivity contribution is -0.171. The lowest BCUT2D eigenvalue weighted by Crippen LogP contribution is -2.72. The van der Waals surface area contributed by atoms with Crippen LogP contribution in [0.3, 0.4) is 0 Å². The van der Waals surface area contributed by atoms with Gasteiger partial charge in [0.15, 0.2) is 5.96 Å². The smallest absolute Gasteiger partial charge is 0.191 e. The summed E-state index contributed by atoms with van der Waals surface area (Å²) >= 11 is 0. The maximum Gasteiger partial charge on any atom is 0.191 e. The number of guanidine groups is 1. The third kappa shape index (κ3) is 3.03. The zero-order chi connectivity index (χ0) is 14.0. The molecule has 2 aliphatic carbocycles. The molecule has 3 rings (SSSR count). The largest absolute Gasteiger partial charge is 0.385 e. The average molecular weight is 409 g/mol. The van der Waals surface area contributed by atoms with Gasteiger partial charge in [-0.2, -0.15) is 0 Å². The number of rotatable bonds is 5. The summed E-state index contributed by atoms with van der Waals surface area (Å²) in [5.41, 5.74) is 0.408. The SMILES string of the molecule is CN=C(NCCCOC)NC1C2CCOC2C12CCC2.I. The normalized spacial score (nSPS) is 32.7. The topological polar surface area (TPSA) is 54.9 Å². The fraction of sp³-hybridized carbons (Fsp3) is 0.933. The third-order valence-corrected chi connectivity index (χ3v) is 5.37. The van der Waals surface area contributed by atoms with Gasteiger partial charge in [-0.25, -0.2) is 0 Å². The molecule has 122 valence electrons. The molecule has 2 N–H and O–H groups in total. The van der Waals surface area contributed by atoms with Crippen LogP contribution in [0.1, 0.15) is 32.1 Å². The van der Waals surface area contributed by atoms with Crippen molar-refractivity contribution < 1.29 is 9.47 Å². The van der Waals surface area contributed by atoms with Gasteiger partial charge >= 0.3 is 0 Å². The van der Waals surface area contributed by atoms with Crippen molar-refractivity contribution in [2.75, 3.05) is 33.9 Å². The Labute approximate surface area is 144 Å². The van der Waals surface area contributed by atoms with E-state index < -0.39 is 0 Å². The summed E-state index contributed by atoms with van der Waals surface area (Å²) < 4.78 is 11.0. The number of methoxy groups -OCH3 is 1. The molecule has 0 aromatic heterocycles. The zero-order valence-electron chi connectivity index (χ0n) is 13.1. The van der Waals surface area contributed by atoms with E-state index in [1.54, 1.807) is 7.11 Å². The second kappa shape index (κ2) is 7.46. The Morgan fingerprint density at radius 3 is 2.86 bits per heavy atom. The zero-order valence-corrected chi connectivity index (χ0v) is 15.4. The van der Waals surface area contributed by atoms with Crippen LogP contribution in [-0.2, 0) is 9.47 Å². The second-order valence-corrected chi connectivity index (χ2v) is 6.30. The average Bonchev–Trinajstić information content (AvgIpc) is 2.81. The van der Waals surface area contributed by atoms with Crippen molar-refractivity contribution >= 4 is 29.9 Å². The number of fused-ring (bicyclic) bond motifs is 2. The van der Waals surface area contributed by atoms with E-state index in [1.165, 1.54) is 25.7 Å². The Bertz CT molecular complexity index is 374. The van der Waals surface area contributed by atoms with Crippen molar-refractivity contribution in [1.82, 2.24) is 10.6 Å². The maximum absolute atomic E-state index is 5.95. The van der Waals surface area contributed by atoms with Crippen molar-refractivity contribution in [2.24, 2.45) is 16.3 Å². The molecule has 3 fully saturated rings. The van der Waals surface area contributed by atoms with Crippen molar-refractivity contribution in [1.29, 1.82) is 0 Å². The number of aliphatic imine (C=N–C) groups is 1. The highest BCUT2D eigenvalue weighted by atomic mass is 127. The molecule has 0 radical (unpaired) electrons. The van der Waals surface area contributed by atoms with E-state index in [1.807, 2.05) is 7.05 Å². The fourth-order valence-corrected chi connectivity index (χ4v) is 4.22. The maximum atomic E-state index is 5.95. The first kappa shape index (κ1) is 17.3. The lowest BCUT2D eigenvalue weighted by Gasteiger charge is -2.63. The van der Waals surface area contributed by atoms with Gasteiger partial charge in [0, 0.05) is 51.3 Å². The summed E-state index contributed by atoms with van der Waals surface area (Å²) in [4.78, 5) is 4.36. The molecule has 0 bridgehead atoms. The number of hydrogen-bond acceptors (Lipinski definition) is 3. The molecule has 3 atom stereocenters. The van der Waals surface area contributed by atoms with Crippen LogP contribution in [-0.4, -0.2) is 52.0 Å². The Balaban J connectivity index is 0.00000161. The van der Waals surface area contributed by atoms with E-state index in [-0.39, 0.29) is 24.0 Å². The molecule has 0 aromatic rings. The highest BCUT2D eigenvalue weighted by molar-refractivity contribution is 14.0. The lowest BCUT2D eigenvalue weighted by atomic mass is 9.46. The minimum Gasteiger partial charge on any atom is -0.385 e. The van der Waals surface area contributed by atoms with E-state index >= 15 is 0 Å². The quantitative estimate of drug-likeness (QED) is 0.315. The van der Waals surface area contributed by atoms with Crippen LogP contribution in [0, 0.1) is 11.3 Å². The molecule has 3 aliphatic rings. The standard InChI is InChI=1S/C15H27N3O2.HI/c1-16-14(17-8-4-9-19-2)18-12-11-5-10-20-13(11)15(12)6-3-7-15;/h11-13H,3-10H2,1-2H3,(H2,16,17,18);1H. The monoisotopic (exact) mass is 409 g/mol. The molecule has 3 unspecified atom stereocenters. The van der Waals surface area contributed by atoms with Gasteiger partial charge < -0.3 is 20.1 Å². The number of nitrogens with one attached hydrogen (secondary N) is 2. The third-order valence-electron chi connectivity index (χ3n) is 5.37. The predicted octanol–water partition coefficient (Wildman–Crippen LogP) is 1.76. The van der Waals surface area contributed by atoms with Crippen molar-refractivity contribution in [2.45, 2.75) is 44.2 Å². The summed E-state index contributed by atoms with van der Waals surface area (Å²) in [6.07, 6.45) is 6.69. The van der Waals surface area contributed by atoms with Gasteiger partial charge in [-0.3, -0.25) is 4.99 Å². The molecule has 21 heavy (non-hydrogen) atoms. The molecular weight excluding hydrogens is 381 g/mol. The van der Waals surface area contributed by atoms with Gasteiger partial charge in [0.2, 0.25) is 0 Å². The van der Waals surface area contributed by atoms with Crippen LogP contribution < -0.4 is 10.6 Å². The van der Waals surface area contributed by atoms with Crippen molar-refractivity contribution in [3.8, 4) is 0 Å². The molecule has 5 nitrogen and oxygen atoms in total. The van der Waals surface area contributed by atoms with Crippen LogP contribution in [0.4, 0.5) is 0 Å². The molecule has 1 heterocycles. The Hall–Kier alpha value is -0.0800. The Morgan fingerprint density at radius 2 is 2.24 bits per heavy atom. The highest BCUT2D eigenvalue weighted by Crippen LogP contribution is 2.62. The minimum absolute atomic E-state index is 0. The predicted molar refractivity (Wildman–Crippen MR) is 94.3 cm³/mol. The molecule has 1 saturated heterocycles. The number of ether oxygens (including phenoxy) is 2. The van der Waals surface area contributed by atoms with Crippen LogP contribution in [0.25, 0.3) is 0 Å². The van der Waals surface area contributed by atoms with E-state index in [0.29, 0.717) is 23.5 Å². The minimum atomic E-state index is 0. The van der Waals surface area contributed by atoms with E-state index in [4.69, 9.17) is 9.47 Å². The van der Waals surface area contributed by atoms with Crippen LogP contribution in [0.2, 0.25) is 0 Å². The summed E-state index contributed by atoms with van der Waals surface area (Å²) in [6, 6.07) is 0.553. The van der Waals surface area contributed by atoms with Gasteiger partial charge in [-0.15, -0.1) is 24.0 Å². The Morgan fingerprint density at radius 1 is 1.43 bits per heavy atom. The second-order valence-electron chi connectivity index (χ2n) is 6.30. The first-order valence-corrected chi connectivity index (χ1v) is 7.89. The van der Waals surface area contributed by atoms with Gasteiger partial charge in [0.05, 0.1) is 6.10 Å². The molecular formula is C15H28IN3O2. The van der Waals surface area contributed by atoms with Gasteiger partial charge in [-0.1, -0.05) is 6.42 Å². The van der Waals surface area contributed by atoms with Crippen LogP contribution in [0.15, 0.2) is 4.99 Å². The van der Waals surface area contributed by atoms with Gasteiger partial charge in [0.25, 0.3) is 0 Å². The first-order valence-electron chi connectivity index (χ1n) is 7.89. The molecule has 6 heteroatoms. The van der Waals surface area contributed by atoms with Crippen LogP contribution >= 0.6 is 24.0 Å². The number of nitrogens with zero attached hydrogens (tertiary/aromatic N) is 1. The summed E-state index contributed by atoms with van der Waals surface area (Å²) in [5.74, 6) is 1.62.